The number of aromatic nitrogens is 2. The molecule has 0 unspecified atom stereocenters. The first kappa shape index (κ1) is 25.6. The molecule has 2 aromatic heterocycles. The summed E-state index contributed by atoms with van der Waals surface area (Å²) in [7, 11) is 0. The zero-order chi connectivity index (χ0) is 26.1. The summed E-state index contributed by atoms with van der Waals surface area (Å²) in [5, 5.41) is 9.29. The first-order valence-corrected chi connectivity index (χ1v) is 13.5. The van der Waals surface area contributed by atoms with Crippen molar-refractivity contribution in [1.82, 2.24) is 19.2 Å². The van der Waals surface area contributed by atoms with E-state index in [-0.39, 0.29) is 18.1 Å². The molecule has 0 spiro atoms. The van der Waals surface area contributed by atoms with Gasteiger partial charge in [-0.1, -0.05) is 59.9 Å². The van der Waals surface area contributed by atoms with Crippen LogP contribution >= 0.6 is 24.0 Å². The Bertz CT molecular complexity index is 1440. The molecule has 3 aromatic rings. The molecule has 8 nitrogen and oxygen atoms in total. The van der Waals surface area contributed by atoms with Gasteiger partial charge in [-0.2, -0.15) is 0 Å². The smallest absolute Gasteiger partial charge is 0.267 e. The summed E-state index contributed by atoms with van der Waals surface area (Å²) in [5.41, 5.74) is 3.81. The van der Waals surface area contributed by atoms with Gasteiger partial charge in [0.1, 0.15) is 15.8 Å². The number of aliphatic hydroxyl groups is 1. The van der Waals surface area contributed by atoms with Crippen molar-refractivity contribution in [2.45, 2.75) is 20.4 Å². The fourth-order valence-corrected chi connectivity index (χ4v) is 5.87. The summed E-state index contributed by atoms with van der Waals surface area (Å²) < 4.78 is 2.01. The van der Waals surface area contributed by atoms with Crippen molar-refractivity contribution in [2.24, 2.45) is 0 Å². The fourth-order valence-electron chi connectivity index (χ4n) is 4.64. The minimum Gasteiger partial charge on any atom is -0.395 e. The molecule has 0 atom stereocenters. The third-order valence-electron chi connectivity index (χ3n) is 6.76. The molecule has 5 rings (SSSR count). The summed E-state index contributed by atoms with van der Waals surface area (Å²) in [5.74, 6) is 0.370. The van der Waals surface area contributed by atoms with Crippen molar-refractivity contribution in [2.75, 3.05) is 44.2 Å². The Hall–Kier alpha value is -3.05. The zero-order valence-electron chi connectivity index (χ0n) is 20.9. The van der Waals surface area contributed by atoms with Gasteiger partial charge in [-0.3, -0.25) is 23.8 Å². The van der Waals surface area contributed by atoms with Crippen LogP contribution in [-0.2, 0) is 11.3 Å². The summed E-state index contributed by atoms with van der Waals surface area (Å²) in [6.07, 6.45) is 3.37. The highest BCUT2D eigenvalue weighted by atomic mass is 32.2. The van der Waals surface area contributed by atoms with E-state index < -0.39 is 0 Å². The van der Waals surface area contributed by atoms with E-state index in [1.807, 2.05) is 50.2 Å². The van der Waals surface area contributed by atoms with Crippen molar-refractivity contribution in [1.29, 1.82) is 0 Å². The highest BCUT2D eigenvalue weighted by molar-refractivity contribution is 8.26. The van der Waals surface area contributed by atoms with E-state index in [9.17, 15) is 14.7 Å². The van der Waals surface area contributed by atoms with Crippen LogP contribution < -0.4 is 10.5 Å². The largest absolute Gasteiger partial charge is 0.395 e. The van der Waals surface area contributed by atoms with Crippen molar-refractivity contribution >= 4 is 51.7 Å². The van der Waals surface area contributed by atoms with Crippen molar-refractivity contribution in [3.8, 4) is 0 Å². The Morgan fingerprint density at radius 1 is 1.08 bits per heavy atom. The number of thiocarbonyl (C=S) groups is 1. The summed E-state index contributed by atoms with van der Waals surface area (Å²) >= 11 is 6.77. The number of rotatable bonds is 6. The molecule has 0 saturated carbocycles. The van der Waals surface area contributed by atoms with Crippen molar-refractivity contribution < 1.29 is 9.90 Å². The molecule has 1 N–H and O–H groups in total. The number of thioether (sulfide) groups is 1. The predicted octanol–water partition coefficient (Wildman–Crippen LogP) is 2.83. The average molecular weight is 536 g/mol. The molecule has 0 radical (unpaired) electrons. The van der Waals surface area contributed by atoms with Crippen LogP contribution in [0.1, 0.15) is 22.3 Å². The number of carbonyl (C=O) groups is 1. The van der Waals surface area contributed by atoms with Crippen LogP contribution in [0, 0.1) is 13.8 Å². The second kappa shape index (κ2) is 10.7. The van der Waals surface area contributed by atoms with Crippen LogP contribution in [0.25, 0.3) is 11.7 Å². The molecule has 2 saturated heterocycles. The molecule has 4 heterocycles. The first-order valence-electron chi connectivity index (χ1n) is 12.3. The summed E-state index contributed by atoms with van der Waals surface area (Å²) in [6, 6.07) is 11.8. The van der Waals surface area contributed by atoms with E-state index in [1.165, 1.54) is 11.8 Å². The predicted molar refractivity (Wildman–Crippen MR) is 152 cm³/mol. The number of hydrogen-bond acceptors (Lipinski definition) is 8. The van der Waals surface area contributed by atoms with Gasteiger partial charge in [0.25, 0.3) is 11.5 Å². The van der Waals surface area contributed by atoms with E-state index >= 15 is 0 Å². The molecular weight excluding hydrogens is 506 g/mol. The number of piperazine rings is 1. The SMILES string of the molecule is Cc1ccc(CN2C(=O)C(=Cc3c(N4CCN(CCO)CC4)nc4c(C)cccn4c3=O)SC2=S)cc1. The molecule has 10 heteroatoms. The molecule has 0 bridgehead atoms. The first-order chi connectivity index (χ1) is 17.9. The zero-order valence-corrected chi connectivity index (χ0v) is 22.5. The van der Waals surface area contributed by atoms with Crippen LogP contribution in [0.5, 0.6) is 0 Å². The van der Waals surface area contributed by atoms with Gasteiger partial charge in [-0.05, 0) is 37.1 Å². The van der Waals surface area contributed by atoms with Gasteiger partial charge >= 0.3 is 0 Å². The van der Waals surface area contributed by atoms with Gasteiger partial charge in [0, 0.05) is 38.9 Å². The van der Waals surface area contributed by atoms with Crippen LogP contribution in [0.4, 0.5) is 5.82 Å². The van der Waals surface area contributed by atoms with E-state index in [2.05, 4.69) is 9.80 Å². The standard InChI is InChI=1S/C27H29N5O3S2/c1-18-5-7-20(8-6-18)17-32-26(35)22(37-27(32)36)16-21-24(30-12-10-29(11-13-30)14-15-33)28-23-19(2)4-3-9-31(23)25(21)34/h3-9,16,33H,10-15,17H2,1-2H3. The number of pyridine rings is 1. The number of amides is 1. The van der Waals surface area contributed by atoms with E-state index in [4.69, 9.17) is 17.2 Å². The summed E-state index contributed by atoms with van der Waals surface area (Å²) in [6.45, 7) is 7.93. The fraction of sp³-hybridized carbons (Fsp3) is 0.333. The maximum Gasteiger partial charge on any atom is 0.267 e. The number of fused-ring (bicyclic) bond motifs is 1. The third kappa shape index (κ3) is 5.19. The van der Waals surface area contributed by atoms with E-state index in [0.29, 0.717) is 52.4 Å². The molecule has 2 aliphatic heterocycles. The quantitative estimate of drug-likeness (QED) is 0.381. The molecule has 37 heavy (non-hydrogen) atoms. The lowest BCUT2D eigenvalue weighted by molar-refractivity contribution is -0.122. The van der Waals surface area contributed by atoms with Gasteiger partial charge in [0.05, 0.1) is 23.6 Å². The number of aliphatic hydroxyl groups excluding tert-OH is 1. The Morgan fingerprint density at radius 2 is 1.81 bits per heavy atom. The number of hydrogen-bond donors (Lipinski definition) is 1. The normalized spacial score (nSPS) is 18.0. The number of anilines is 1. The Labute approximate surface area is 225 Å². The van der Waals surface area contributed by atoms with Gasteiger partial charge in [0.2, 0.25) is 0 Å². The Morgan fingerprint density at radius 3 is 2.51 bits per heavy atom. The van der Waals surface area contributed by atoms with Gasteiger partial charge in [0.15, 0.2) is 0 Å². The van der Waals surface area contributed by atoms with Gasteiger partial charge in [-0.25, -0.2) is 4.98 Å². The number of aryl methyl sites for hydroxylation is 2. The molecule has 0 aliphatic carbocycles. The number of carbonyl (C=O) groups excluding carboxylic acids is 1. The van der Waals surface area contributed by atoms with Crippen LogP contribution in [0.15, 0.2) is 52.3 Å². The highest BCUT2D eigenvalue weighted by Gasteiger charge is 2.33. The molecular formula is C27H29N5O3S2. The highest BCUT2D eigenvalue weighted by Crippen LogP contribution is 2.34. The second-order valence-corrected chi connectivity index (χ2v) is 11.0. The Kier molecular flexibility index (Phi) is 7.43. The maximum atomic E-state index is 13.7. The molecule has 1 aromatic carbocycles. The minimum absolute atomic E-state index is 0.116. The maximum absolute atomic E-state index is 13.7. The van der Waals surface area contributed by atoms with Gasteiger partial charge in [-0.15, -0.1) is 0 Å². The van der Waals surface area contributed by atoms with Crippen LogP contribution in [0.2, 0.25) is 0 Å². The van der Waals surface area contributed by atoms with E-state index in [0.717, 1.165) is 29.8 Å². The number of β-amino-alcohol motifs (C(OH)–C–C–N with tert-alkyl or cyclic N) is 1. The average Bonchev–Trinajstić information content (AvgIpc) is 3.15. The molecule has 1 amide bonds. The summed E-state index contributed by atoms with van der Waals surface area (Å²) in [4.78, 5) is 38.3. The van der Waals surface area contributed by atoms with Crippen LogP contribution in [-0.4, -0.2) is 73.8 Å². The Balaban J connectivity index is 1.52. The van der Waals surface area contributed by atoms with Crippen LogP contribution in [0.3, 0.4) is 0 Å². The van der Waals surface area contributed by atoms with Gasteiger partial charge < -0.3 is 10.0 Å². The van der Waals surface area contributed by atoms with E-state index in [1.54, 1.807) is 21.6 Å². The molecule has 2 aliphatic rings. The lowest BCUT2D eigenvalue weighted by atomic mass is 10.1. The lowest BCUT2D eigenvalue weighted by Gasteiger charge is -2.35. The topological polar surface area (TPSA) is 81.4 Å². The van der Waals surface area contributed by atoms with Crippen molar-refractivity contribution in [3.05, 3.63) is 80.1 Å². The third-order valence-corrected chi connectivity index (χ3v) is 8.14. The molecule has 192 valence electrons. The monoisotopic (exact) mass is 535 g/mol. The molecule has 2 fully saturated rings. The number of nitrogens with zero attached hydrogens (tertiary/aromatic N) is 5. The van der Waals surface area contributed by atoms with Crippen molar-refractivity contribution in [3.63, 3.8) is 0 Å². The number of benzene rings is 1. The lowest BCUT2D eigenvalue weighted by Crippen LogP contribution is -2.48. The second-order valence-electron chi connectivity index (χ2n) is 9.34. The minimum atomic E-state index is -0.217.